The molecule has 2 aromatic rings. The van der Waals surface area contributed by atoms with Crippen molar-refractivity contribution in [2.24, 2.45) is 5.10 Å². The van der Waals surface area contributed by atoms with Gasteiger partial charge in [0.25, 0.3) is 0 Å². The van der Waals surface area contributed by atoms with Gasteiger partial charge in [0.05, 0.1) is 27.0 Å². The summed E-state index contributed by atoms with van der Waals surface area (Å²) in [5, 5.41) is 6.37. The number of hydrogen-bond donors (Lipinski definition) is 2. The van der Waals surface area contributed by atoms with Crippen molar-refractivity contribution in [3.8, 4) is 17.2 Å². The quantitative estimate of drug-likeness (QED) is 0.354. The SMILES string of the molecule is CCCOc1ccc(/C=N\NC(=O)C(=O)NCCc2ccc(OC)c(OC)c2)cc1. The van der Waals surface area contributed by atoms with Crippen LogP contribution in [0, 0.1) is 0 Å². The van der Waals surface area contributed by atoms with Gasteiger partial charge in [-0.25, -0.2) is 5.43 Å². The van der Waals surface area contributed by atoms with Gasteiger partial charge >= 0.3 is 11.8 Å². The molecular weight excluding hydrogens is 386 g/mol. The van der Waals surface area contributed by atoms with Gasteiger partial charge in [-0.1, -0.05) is 13.0 Å². The van der Waals surface area contributed by atoms with E-state index >= 15 is 0 Å². The van der Waals surface area contributed by atoms with Crippen LogP contribution < -0.4 is 25.0 Å². The lowest BCUT2D eigenvalue weighted by Crippen LogP contribution is -2.38. The molecule has 8 nitrogen and oxygen atoms in total. The third-order valence-electron chi connectivity index (χ3n) is 4.09. The van der Waals surface area contributed by atoms with E-state index in [0.29, 0.717) is 31.1 Å². The minimum Gasteiger partial charge on any atom is -0.494 e. The van der Waals surface area contributed by atoms with Crippen molar-refractivity contribution >= 4 is 18.0 Å². The van der Waals surface area contributed by atoms with E-state index < -0.39 is 11.8 Å². The summed E-state index contributed by atoms with van der Waals surface area (Å²) in [4.78, 5) is 23.7. The smallest absolute Gasteiger partial charge is 0.329 e. The Hall–Kier alpha value is -3.55. The van der Waals surface area contributed by atoms with Gasteiger partial charge in [0.2, 0.25) is 0 Å². The fourth-order valence-corrected chi connectivity index (χ4v) is 2.52. The van der Waals surface area contributed by atoms with E-state index in [4.69, 9.17) is 14.2 Å². The minimum atomic E-state index is -0.832. The fourth-order valence-electron chi connectivity index (χ4n) is 2.52. The molecule has 0 radical (unpaired) electrons. The number of ether oxygens (including phenoxy) is 3. The first kappa shape index (κ1) is 22.7. The standard InChI is InChI=1S/C22H27N3O5/c1-4-13-30-18-8-5-17(6-9-18)15-24-25-22(27)21(26)23-12-11-16-7-10-19(28-2)20(14-16)29-3/h5-10,14-15H,4,11-13H2,1-3H3,(H,23,26)(H,25,27)/b24-15-. The molecule has 30 heavy (non-hydrogen) atoms. The molecule has 0 fully saturated rings. The normalized spacial score (nSPS) is 10.5. The maximum Gasteiger partial charge on any atom is 0.329 e. The number of methoxy groups -OCH3 is 2. The second kappa shape index (κ2) is 12.1. The van der Waals surface area contributed by atoms with Crippen LogP contribution in [0.25, 0.3) is 0 Å². The summed E-state index contributed by atoms with van der Waals surface area (Å²) in [5.74, 6) is 0.424. The van der Waals surface area contributed by atoms with Gasteiger partial charge in [-0.15, -0.1) is 0 Å². The van der Waals surface area contributed by atoms with E-state index in [2.05, 4.69) is 15.8 Å². The highest BCUT2D eigenvalue weighted by Crippen LogP contribution is 2.27. The summed E-state index contributed by atoms with van der Waals surface area (Å²) in [6.45, 7) is 2.99. The van der Waals surface area contributed by atoms with Crippen LogP contribution >= 0.6 is 0 Å². The zero-order chi connectivity index (χ0) is 21.8. The molecule has 160 valence electrons. The van der Waals surface area contributed by atoms with Crippen LogP contribution in [0.3, 0.4) is 0 Å². The lowest BCUT2D eigenvalue weighted by Gasteiger charge is -2.10. The molecule has 0 bridgehead atoms. The zero-order valence-corrected chi connectivity index (χ0v) is 17.4. The van der Waals surface area contributed by atoms with Crippen molar-refractivity contribution in [3.05, 3.63) is 53.6 Å². The monoisotopic (exact) mass is 413 g/mol. The van der Waals surface area contributed by atoms with E-state index in [1.807, 2.05) is 43.3 Å². The molecule has 2 aromatic carbocycles. The molecule has 2 rings (SSSR count). The minimum absolute atomic E-state index is 0.296. The Bertz CT molecular complexity index is 866. The van der Waals surface area contributed by atoms with Gasteiger partial charge in [-0.2, -0.15) is 5.10 Å². The Morgan fingerprint density at radius 3 is 2.40 bits per heavy atom. The van der Waals surface area contributed by atoms with Gasteiger partial charge in [-0.05, 0) is 60.4 Å². The zero-order valence-electron chi connectivity index (χ0n) is 17.4. The van der Waals surface area contributed by atoms with Gasteiger partial charge in [0.1, 0.15) is 5.75 Å². The first-order chi connectivity index (χ1) is 14.6. The lowest BCUT2D eigenvalue weighted by molar-refractivity contribution is -0.139. The first-order valence-electron chi connectivity index (χ1n) is 9.62. The van der Waals surface area contributed by atoms with Gasteiger partial charge in [0, 0.05) is 6.54 Å². The second-order valence-corrected chi connectivity index (χ2v) is 6.31. The Balaban J connectivity index is 1.75. The van der Waals surface area contributed by atoms with E-state index in [1.54, 1.807) is 20.3 Å². The third-order valence-corrected chi connectivity index (χ3v) is 4.09. The van der Waals surface area contributed by atoms with Crippen LogP contribution in [0.1, 0.15) is 24.5 Å². The number of carbonyl (C=O) groups excluding carboxylic acids is 2. The van der Waals surface area contributed by atoms with Crippen LogP contribution in [0.4, 0.5) is 0 Å². The average molecular weight is 413 g/mol. The molecule has 0 aliphatic rings. The maximum atomic E-state index is 11.9. The molecule has 0 spiro atoms. The van der Waals surface area contributed by atoms with Crippen molar-refractivity contribution in [3.63, 3.8) is 0 Å². The molecule has 0 aromatic heterocycles. The van der Waals surface area contributed by atoms with Gasteiger partial charge in [-0.3, -0.25) is 9.59 Å². The van der Waals surface area contributed by atoms with Crippen LogP contribution in [-0.4, -0.2) is 45.4 Å². The summed E-state index contributed by atoms with van der Waals surface area (Å²) >= 11 is 0. The lowest BCUT2D eigenvalue weighted by atomic mass is 10.1. The maximum absolute atomic E-state index is 11.9. The molecule has 0 aliphatic carbocycles. The summed E-state index contributed by atoms with van der Waals surface area (Å²) in [7, 11) is 3.12. The summed E-state index contributed by atoms with van der Waals surface area (Å²) in [5.41, 5.74) is 3.93. The number of hydrogen-bond acceptors (Lipinski definition) is 6. The second-order valence-electron chi connectivity index (χ2n) is 6.31. The van der Waals surface area contributed by atoms with Crippen LogP contribution in [0.2, 0.25) is 0 Å². The highest BCUT2D eigenvalue weighted by molar-refractivity contribution is 6.35. The molecule has 0 saturated carbocycles. The van der Waals surface area contributed by atoms with Crippen molar-refractivity contribution in [2.75, 3.05) is 27.4 Å². The van der Waals surface area contributed by atoms with E-state index in [9.17, 15) is 9.59 Å². The Labute approximate surface area is 176 Å². The van der Waals surface area contributed by atoms with Crippen molar-refractivity contribution < 1.29 is 23.8 Å². The number of benzene rings is 2. The van der Waals surface area contributed by atoms with Crippen LogP contribution in [-0.2, 0) is 16.0 Å². The van der Waals surface area contributed by atoms with Crippen LogP contribution in [0.5, 0.6) is 17.2 Å². The number of hydrazone groups is 1. The number of rotatable bonds is 10. The highest BCUT2D eigenvalue weighted by Gasteiger charge is 2.12. The Kier molecular flexibility index (Phi) is 9.18. The number of amides is 2. The predicted octanol–water partition coefficient (Wildman–Crippen LogP) is 2.30. The fraction of sp³-hybridized carbons (Fsp3) is 0.318. The molecular formula is C22H27N3O5. The molecule has 0 atom stereocenters. The molecule has 2 N–H and O–H groups in total. The van der Waals surface area contributed by atoms with E-state index in [1.165, 1.54) is 6.21 Å². The predicted molar refractivity (Wildman–Crippen MR) is 114 cm³/mol. The van der Waals surface area contributed by atoms with Gasteiger partial charge < -0.3 is 19.5 Å². The molecule has 2 amide bonds. The molecule has 0 aliphatic heterocycles. The van der Waals surface area contributed by atoms with Crippen LogP contribution in [0.15, 0.2) is 47.6 Å². The number of nitrogens with one attached hydrogen (secondary N) is 2. The van der Waals surface area contributed by atoms with E-state index in [0.717, 1.165) is 23.3 Å². The van der Waals surface area contributed by atoms with Crippen molar-refractivity contribution in [2.45, 2.75) is 19.8 Å². The van der Waals surface area contributed by atoms with Crippen molar-refractivity contribution in [1.29, 1.82) is 0 Å². The Morgan fingerprint density at radius 1 is 1.00 bits per heavy atom. The summed E-state index contributed by atoms with van der Waals surface area (Å²) in [6, 6.07) is 12.7. The topological polar surface area (TPSA) is 98.2 Å². The largest absolute Gasteiger partial charge is 0.494 e. The molecule has 0 unspecified atom stereocenters. The summed E-state index contributed by atoms with van der Waals surface area (Å²) in [6.07, 6.45) is 2.93. The van der Waals surface area contributed by atoms with Gasteiger partial charge in [0.15, 0.2) is 11.5 Å². The molecule has 0 heterocycles. The van der Waals surface area contributed by atoms with E-state index in [-0.39, 0.29) is 0 Å². The summed E-state index contributed by atoms with van der Waals surface area (Å²) < 4.78 is 15.9. The van der Waals surface area contributed by atoms with Crippen molar-refractivity contribution in [1.82, 2.24) is 10.7 Å². The molecule has 8 heteroatoms. The number of nitrogens with zero attached hydrogens (tertiary/aromatic N) is 1. The molecule has 0 saturated heterocycles. The first-order valence-corrected chi connectivity index (χ1v) is 9.62. The average Bonchev–Trinajstić information content (AvgIpc) is 2.78. The highest BCUT2D eigenvalue weighted by atomic mass is 16.5. The third kappa shape index (κ3) is 7.12. The number of carbonyl (C=O) groups is 2. The Morgan fingerprint density at radius 2 is 1.73 bits per heavy atom.